The van der Waals surface area contributed by atoms with Gasteiger partial charge < -0.3 is 10.4 Å². The first-order chi connectivity index (χ1) is 11.0. The van der Waals surface area contributed by atoms with Gasteiger partial charge in [-0.15, -0.1) is 5.10 Å². The summed E-state index contributed by atoms with van der Waals surface area (Å²) in [5.41, 5.74) is 1.12. The number of nitrogens with one attached hydrogen (secondary N) is 4. The summed E-state index contributed by atoms with van der Waals surface area (Å²) in [5, 5.41) is 21.2. The topological polar surface area (TPSA) is 152 Å². The number of H-pyrrole nitrogens is 2. The molecule has 10 nitrogen and oxygen atoms in total. The van der Waals surface area contributed by atoms with Gasteiger partial charge in [0.25, 0.3) is 11.5 Å². The van der Waals surface area contributed by atoms with Crippen molar-refractivity contribution in [2.24, 2.45) is 5.10 Å². The zero-order valence-electron chi connectivity index (χ0n) is 11.5. The minimum Gasteiger partial charge on any atom is -0.507 e. The van der Waals surface area contributed by atoms with Crippen LogP contribution in [-0.2, 0) is 4.79 Å². The van der Waals surface area contributed by atoms with Gasteiger partial charge in [-0.25, -0.2) is 15.3 Å². The largest absolute Gasteiger partial charge is 0.507 e. The maximum absolute atomic E-state index is 11.6. The maximum Gasteiger partial charge on any atom is 0.342 e. The van der Waals surface area contributed by atoms with Crippen molar-refractivity contribution >= 4 is 33.9 Å². The molecule has 120 valence electrons. The highest BCUT2D eigenvalue weighted by molar-refractivity contribution is 9.10. The molecule has 23 heavy (non-hydrogen) atoms. The van der Waals surface area contributed by atoms with Crippen LogP contribution in [0.4, 0.5) is 5.82 Å². The highest BCUT2D eigenvalue weighted by atomic mass is 79.9. The standard InChI is InChI=1S/C12H11BrN6O4/c13-7-1-2-8(20)6(3-7)4-15-17-9(21)5-14-10-11(22)16-12(23)19-18-10/h1-4,20H,5H2,(H,14,18)(H,17,21)(H2,16,19,22,23). The molecule has 2 rings (SSSR count). The van der Waals surface area contributed by atoms with Crippen LogP contribution in [0.2, 0.25) is 0 Å². The number of aromatic hydroxyl groups is 1. The quantitative estimate of drug-likeness (QED) is 0.346. The van der Waals surface area contributed by atoms with Crippen molar-refractivity contribution < 1.29 is 9.90 Å². The number of hydrazone groups is 1. The van der Waals surface area contributed by atoms with Crippen LogP contribution >= 0.6 is 15.9 Å². The van der Waals surface area contributed by atoms with E-state index >= 15 is 0 Å². The number of hydrogen-bond acceptors (Lipinski definition) is 7. The molecule has 5 N–H and O–H groups in total. The van der Waals surface area contributed by atoms with Gasteiger partial charge >= 0.3 is 5.69 Å². The molecule has 1 amide bonds. The Morgan fingerprint density at radius 3 is 2.96 bits per heavy atom. The van der Waals surface area contributed by atoms with Crippen LogP contribution in [-0.4, -0.2) is 39.0 Å². The lowest BCUT2D eigenvalue weighted by atomic mass is 10.2. The fraction of sp³-hybridized carbons (Fsp3) is 0.0833. The first-order valence-electron chi connectivity index (χ1n) is 6.19. The van der Waals surface area contributed by atoms with Crippen molar-refractivity contribution in [1.82, 2.24) is 20.6 Å². The molecule has 1 heterocycles. The second-order valence-electron chi connectivity index (χ2n) is 4.21. The molecule has 0 radical (unpaired) electrons. The molecule has 0 bridgehead atoms. The van der Waals surface area contributed by atoms with Crippen molar-refractivity contribution in [2.75, 3.05) is 11.9 Å². The number of rotatable bonds is 5. The lowest BCUT2D eigenvalue weighted by Gasteiger charge is -2.03. The number of amides is 1. The van der Waals surface area contributed by atoms with Crippen LogP contribution in [0.5, 0.6) is 5.75 Å². The van der Waals surface area contributed by atoms with Crippen molar-refractivity contribution in [2.45, 2.75) is 0 Å². The van der Waals surface area contributed by atoms with Crippen molar-refractivity contribution in [3.8, 4) is 5.75 Å². The third-order valence-corrected chi connectivity index (χ3v) is 3.00. The Kier molecular flexibility index (Phi) is 5.25. The third-order valence-electron chi connectivity index (χ3n) is 2.51. The molecular weight excluding hydrogens is 372 g/mol. The highest BCUT2D eigenvalue weighted by Gasteiger charge is 2.05. The Bertz CT molecular complexity index is 859. The molecule has 0 aliphatic carbocycles. The van der Waals surface area contributed by atoms with Gasteiger partial charge in [-0.3, -0.25) is 14.6 Å². The molecule has 1 aromatic heterocycles. The Labute approximate surface area is 136 Å². The van der Waals surface area contributed by atoms with E-state index in [1.807, 2.05) is 10.1 Å². The Hall–Kier alpha value is -2.95. The number of phenolic OH excluding ortho intramolecular Hbond substituents is 1. The average molecular weight is 383 g/mol. The molecule has 0 spiro atoms. The molecule has 0 fully saturated rings. The molecule has 0 aliphatic heterocycles. The summed E-state index contributed by atoms with van der Waals surface area (Å²) in [7, 11) is 0. The van der Waals surface area contributed by atoms with Crippen LogP contribution in [0, 0.1) is 0 Å². The molecule has 0 aliphatic rings. The number of benzene rings is 1. The van der Waals surface area contributed by atoms with Crippen molar-refractivity contribution in [1.29, 1.82) is 0 Å². The van der Waals surface area contributed by atoms with E-state index in [4.69, 9.17) is 0 Å². The van der Waals surface area contributed by atoms with Crippen LogP contribution in [0.15, 0.2) is 37.4 Å². The number of hydrogen-bond donors (Lipinski definition) is 5. The number of carbonyl (C=O) groups is 1. The zero-order valence-corrected chi connectivity index (χ0v) is 13.0. The molecule has 0 unspecified atom stereocenters. The summed E-state index contributed by atoms with van der Waals surface area (Å²) in [6.45, 7) is -0.288. The monoisotopic (exact) mass is 382 g/mol. The number of anilines is 1. The molecule has 0 saturated carbocycles. The first kappa shape index (κ1) is 16.4. The van der Waals surface area contributed by atoms with Gasteiger partial charge in [-0.1, -0.05) is 15.9 Å². The van der Waals surface area contributed by atoms with E-state index in [2.05, 4.69) is 36.9 Å². The van der Waals surface area contributed by atoms with Gasteiger partial charge in [0.1, 0.15) is 5.75 Å². The fourth-order valence-electron chi connectivity index (χ4n) is 1.47. The van der Waals surface area contributed by atoms with E-state index in [0.717, 1.165) is 4.47 Å². The predicted octanol–water partition coefficient (Wildman–Crippen LogP) is -0.511. The van der Waals surface area contributed by atoms with Gasteiger partial charge in [0, 0.05) is 10.0 Å². The average Bonchev–Trinajstić information content (AvgIpc) is 2.50. The number of halogens is 1. The van der Waals surface area contributed by atoms with Crippen LogP contribution in [0.3, 0.4) is 0 Å². The summed E-state index contributed by atoms with van der Waals surface area (Å²) in [5.74, 6) is -0.746. The normalized spacial score (nSPS) is 10.7. The summed E-state index contributed by atoms with van der Waals surface area (Å²) < 4.78 is 0.744. The maximum atomic E-state index is 11.6. The van der Waals surface area contributed by atoms with Gasteiger partial charge in [0.2, 0.25) is 5.82 Å². The van der Waals surface area contributed by atoms with E-state index < -0.39 is 17.2 Å². The molecular formula is C12H11BrN6O4. The zero-order chi connectivity index (χ0) is 16.8. The first-order valence-corrected chi connectivity index (χ1v) is 6.98. The van der Waals surface area contributed by atoms with Gasteiger partial charge in [-0.05, 0) is 18.2 Å². The number of phenols is 1. The minimum absolute atomic E-state index is 0.00768. The molecule has 11 heteroatoms. The summed E-state index contributed by atoms with van der Waals surface area (Å²) in [6, 6.07) is 4.75. The second-order valence-corrected chi connectivity index (χ2v) is 5.12. The SMILES string of the molecule is O=C(CNc1n[nH]c(=O)[nH]c1=O)NN=Cc1cc(Br)ccc1O. The predicted molar refractivity (Wildman–Crippen MR) is 85.5 cm³/mol. The third kappa shape index (κ3) is 4.78. The number of carbonyl (C=O) groups excluding carboxylic acids is 1. The molecule has 0 atom stereocenters. The van der Waals surface area contributed by atoms with Crippen LogP contribution < -0.4 is 22.0 Å². The van der Waals surface area contributed by atoms with E-state index in [1.54, 1.807) is 12.1 Å². The van der Waals surface area contributed by atoms with Gasteiger partial charge in [0.05, 0.1) is 12.8 Å². The summed E-state index contributed by atoms with van der Waals surface area (Å²) in [4.78, 5) is 35.6. The van der Waals surface area contributed by atoms with Gasteiger partial charge in [-0.2, -0.15) is 5.10 Å². The lowest BCUT2D eigenvalue weighted by molar-refractivity contribution is -0.119. The van der Waals surface area contributed by atoms with Crippen molar-refractivity contribution in [3.63, 3.8) is 0 Å². The van der Waals surface area contributed by atoms with Gasteiger partial charge in [0.15, 0.2) is 0 Å². The van der Waals surface area contributed by atoms with E-state index in [0.29, 0.717) is 5.56 Å². The Morgan fingerprint density at radius 1 is 1.43 bits per heavy atom. The summed E-state index contributed by atoms with van der Waals surface area (Å²) in [6.07, 6.45) is 1.27. The lowest BCUT2D eigenvalue weighted by Crippen LogP contribution is -2.31. The van der Waals surface area contributed by atoms with E-state index in [1.165, 1.54) is 12.3 Å². The molecule has 2 aromatic rings. The van der Waals surface area contributed by atoms with E-state index in [9.17, 15) is 19.5 Å². The number of nitrogens with zero attached hydrogens (tertiary/aromatic N) is 2. The number of aromatic nitrogens is 3. The second kappa shape index (κ2) is 7.35. The van der Waals surface area contributed by atoms with Crippen LogP contribution in [0.1, 0.15) is 5.56 Å². The number of aromatic amines is 2. The Balaban J connectivity index is 1.90. The summed E-state index contributed by atoms with van der Waals surface area (Å²) >= 11 is 3.24. The van der Waals surface area contributed by atoms with Crippen molar-refractivity contribution in [3.05, 3.63) is 49.1 Å². The molecule has 1 aromatic carbocycles. The fourth-order valence-corrected chi connectivity index (χ4v) is 1.85. The molecule has 0 saturated heterocycles. The minimum atomic E-state index is -0.747. The van der Waals surface area contributed by atoms with Crippen LogP contribution in [0.25, 0.3) is 0 Å². The highest BCUT2D eigenvalue weighted by Crippen LogP contribution is 2.19. The van der Waals surface area contributed by atoms with E-state index in [-0.39, 0.29) is 18.1 Å². The smallest absolute Gasteiger partial charge is 0.342 e. The Morgan fingerprint density at radius 2 is 2.22 bits per heavy atom.